The quantitative estimate of drug-likeness (QED) is 0.535. The van der Waals surface area contributed by atoms with Gasteiger partial charge in [-0.3, -0.25) is 0 Å². The molecule has 5 N–H and O–H groups in total. The molecule has 18 heavy (non-hydrogen) atoms. The van der Waals surface area contributed by atoms with Crippen LogP contribution in [0.4, 0.5) is 11.4 Å². The Bertz CT molecular complexity index is 428. The average molecular weight is 254 g/mol. The molecule has 1 aromatic carbocycles. The number of hydrogen-bond donors (Lipinski definition) is 4. The van der Waals surface area contributed by atoms with Crippen LogP contribution < -0.4 is 10.6 Å². The van der Waals surface area contributed by atoms with Crippen LogP contribution >= 0.6 is 0 Å². The van der Waals surface area contributed by atoms with Gasteiger partial charge in [0, 0.05) is 24.5 Å². The first kappa shape index (κ1) is 14.3. The van der Waals surface area contributed by atoms with E-state index in [1.165, 1.54) is 6.07 Å². The minimum atomic E-state index is -1.09. The molecule has 0 aromatic heterocycles. The zero-order chi connectivity index (χ0) is 13.7. The molecule has 0 radical (unpaired) electrons. The molecule has 0 heterocycles. The predicted molar refractivity (Wildman–Crippen MR) is 68.9 cm³/mol. The van der Waals surface area contributed by atoms with E-state index >= 15 is 0 Å². The highest BCUT2D eigenvalue weighted by Crippen LogP contribution is 2.25. The Morgan fingerprint density at radius 1 is 1.28 bits per heavy atom. The number of rotatable bonds is 6. The number of aliphatic hydroxyl groups is 2. The van der Waals surface area contributed by atoms with Crippen LogP contribution in [0.2, 0.25) is 0 Å². The maximum absolute atomic E-state index is 11.1. The minimum absolute atomic E-state index is 0.0332. The van der Waals surface area contributed by atoms with Crippen LogP contribution in [-0.4, -0.2) is 47.6 Å². The Morgan fingerprint density at radius 2 is 1.83 bits per heavy atom. The van der Waals surface area contributed by atoms with Crippen LogP contribution in [0.15, 0.2) is 12.1 Å². The van der Waals surface area contributed by atoms with E-state index in [4.69, 9.17) is 21.1 Å². The number of aliphatic hydroxyl groups excluding tert-OH is 2. The molecule has 6 heteroatoms. The van der Waals surface area contributed by atoms with E-state index < -0.39 is 5.97 Å². The molecule has 0 saturated heterocycles. The molecular weight excluding hydrogens is 236 g/mol. The molecule has 0 atom stereocenters. The van der Waals surface area contributed by atoms with Crippen LogP contribution in [0.25, 0.3) is 0 Å². The van der Waals surface area contributed by atoms with Crippen molar-refractivity contribution in [1.82, 2.24) is 0 Å². The number of carboxylic acid groups (broad SMARTS) is 1. The van der Waals surface area contributed by atoms with E-state index in [9.17, 15) is 4.79 Å². The third-order valence-electron chi connectivity index (χ3n) is 2.71. The standard InChI is InChI=1S/C12H18N2O4/c1-8-6-9(14(2-4-15)3-5-16)7-10(11(8)13)12(17)18/h6-7,15-16H,2-5,13H2,1H3,(H,17,18). The summed E-state index contributed by atoms with van der Waals surface area (Å²) in [5.41, 5.74) is 7.26. The van der Waals surface area contributed by atoms with Gasteiger partial charge in [-0.1, -0.05) is 0 Å². The van der Waals surface area contributed by atoms with E-state index in [1.807, 2.05) is 0 Å². The molecule has 0 amide bonds. The maximum atomic E-state index is 11.1. The van der Waals surface area contributed by atoms with Crippen molar-refractivity contribution >= 4 is 17.3 Å². The Labute approximate surface area is 105 Å². The second kappa shape index (κ2) is 6.23. The summed E-state index contributed by atoms with van der Waals surface area (Å²) in [4.78, 5) is 12.8. The van der Waals surface area contributed by atoms with Crippen molar-refractivity contribution in [1.29, 1.82) is 0 Å². The highest BCUT2D eigenvalue weighted by Gasteiger charge is 2.14. The number of nitrogens with two attached hydrogens (primary N) is 1. The number of hydrogen-bond acceptors (Lipinski definition) is 5. The zero-order valence-corrected chi connectivity index (χ0v) is 10.3. The van der Waals surface area contributed by atoms with Crippen LogP contribution in [0.5, 0.6) is 0 Å². The fraction of sp³-hybridized carbons (Fsp3) is 0.417. The summed E-state index contributed by atoms with van der Waals surface area (Å²) in [6, 6.07) is 3.20. The highest BCUT2D eigenvalue weighted by molar-refractivity contribution is 5.95. The van der Waals surface area contributed by atoms with Crippen LogP contribution in [0.1, 0.15) is 15.9 Å². The van der Waals surface area contributed by atoms with Gasteiger partial charge >= 0.3 is 5.97 Å². The van der Waals surface area contributed by atoms with Crippen molar-refractivity contribution in [2.75, 3.05) is 36.9 Å². The van der Waals surface area contributed by atoms with Gasteiger partial charge in [0.05, 0.1) is 18.8 Å². The highest BCUT2D eigenvalue weighted by atomic mass is 16.4. The average Bonchev–Trinajstić information content (AvgIpc) is 2.32. The first-order valence-electron chi connectivity index (χ1n) is 5.61. The Morgan fingerprint density at radius 3 is 2.28 bits per heavy atom. The van der Waals surface area contributed by atoms with Gasteiger partial charge < -0.3 is 26.0 Å². The molecule has 0 unspecified atom stereocenters. The van der Waals surface area contributed by atoms with Gasteiger partial charge in [0.2, 0.25) is 0 Å². The minimum Gasteiger partial charge on any atom is -0.478 e. The van der Waals surface area contributed by atoms with E-state index in [0.717, 1.165) is 0 Å². The third kappa shape index (κ3) is 3.12. The van der Waals surface area contributed by atoms with Crippen LogP contribution in [0.3, 0.4) is 0 Å². The number of aryl methyl sites for hydroxylation is 1. The maximum Gasteiger partial charge on any atom is 0.337 e. The Hall–Kier alpha value is -1.79. The normalized spacial score (nSPS) is 10.4. The number of benzene rings is 1. The van der Waals surface area contributed by atoms with Gasteiger partial charge in [-0.25, -0.2) is 4.79 Å². The van der Waals surface area contributed by atoms with Gasteiger partial charge in [-0.2, -0.15) is 0 Å². The first-order valence-corrected chi connectivity index (χ1v) is 5.61. The van der Waals surface area contributed by atoms with E-state index in [1.54, 1.807) is 17.9 Å². The van der Waals surface area contributed by atoms with Gasteiger partial charge in [-0.05, 0) is 24.6 Å². The molecule has 1 aromatic rings. The van der Waals surface area contributed by atoms with Crippen molar-refractivity contribution in [3.63, 3.8) is 0 Å². The summed E-state index contributed by atoms with van der Waals surface area (Å²) in [5, 5.41) is 27.0. The van der Waals surface area contributed by atoms with Gasteiger partial charge in [0.1, 0.15) is 0 Å². The molecule has 0 aliphatic rings. The summed E-state index contributed by atoms with van der Waals surface area (Å²) in [5.74, 6) is -1.09. The fourth-order valence-electron chi connectivity index (χ4n) is 1.75. The lowest BCUT2D eigenvalue weighted by molar-refractivity contribution is 0.0698. The monoisotopic (exact) mass is 254 g/mol. The molecule has 0 aliphatic heterocycles. The van der Waals surface area contributed by atoms with Crippen LogP contribution in [-0.2, 0) is 0 Å². The molecule has 6 nitrogen and oxygen atoms in total. The molecule has 100 valence electrons. The molecule has 0 aliphatic carbocycles. The fourth-order valence-corrected chi connectivity index (χ4v) is 1.75. The Kier molecular flexibility index (Phi) is 4.94. The second-order valence-electron chi connectivity index (χ2n) is 3.96. The number of aromatic carboxylic acids is 1. The third-order valence-corrected chi connectivity index (χ3v) is 2.71. The van der Waals surface area contributed by atoms with Gasteiger partial charge in [0.15, 0.2) is 0 Å². The van der Waals surface area contributed by atoms with Gasteiger partial charge in [0.25, 0.3) is 0 Å². The summed E-state index contributed by atoms with van der Waals surface area (Å²) >= 11 is 0. The zero-order valence-electron chi connectivity index (χ0n) is 10.3. The number of nitrogens with zero attached hydrogens (tertiary/aromatic N) is 1. The summed E-state index contributed by atoms with van der Waals surface area (Å²) in [7, 11) is 0. The lowest BCUT2D eigenvalue weighted by atomic mass is 10.1. The Balaban J connectivity index is 3.18. The molecular formula is C12H18N2O4. The number of carbonyl (C=O) groups is 1. The van der Waals surface area contributed by atoms with Crippen molar-refractivity contribution < 1.29 is 20.1 Å². The van der Waals surface area contributed by atoms with Gasteiger partial charge in [-0.15, -0.1) is 0 Å². The summed E-state index contributed by atoms with van der Waals surface area (Å²) in [6.45, 7) is 2.21. The van der Waals surface area contributed by atoms with Crippen molar-refractivity contribution in [3.8, 4) is 0 Å². The molecule has 0 fully saturated rings. The van der Waals surface area contributed by atoms with Crippen molar-refractivity contribution in [2.45, 2.75) is 6.92 Å². The smallest absolute Gasteiger partial charge is 0.337 e. The molecule has 0 bridgehead atoms. The topological polar surface area (TPSA) is 107 Å². The molecule has 1 rings (SSSR count). The van der Waals surface area contributed by atoms with E-state index in [-0.39, 0.29) is 24.5 Å². The number of carboxylic acids is 1. The second-order valence-corrected chi connectivity index (χ2v) is 3.96. The largest absolute Gasteiger partial charge is 0.478 e. The van der Waals surface area contributed by atoms with E-state index in [2.05, 4.69) is 0 Å². The van der Waals surface area contributed by atoms with Crippen LogP contribution in [0, 0.1) is 6.92 Å². The first-order chi connectivity index (χ1) is 8.51. The lowest BCUT2D eigenvalue weighted by Gasteiger charge is -2.24. The SMILES string of the molecule is Cc1cc(N(CCO)CCO)cc(C(=O)O)c1N. The lowest BCUT2D eigenvalue weighted by Crippen LogP contribution is -2.30. The van der Waals surface area contributed by atoms with Crippen molar-refractivity contribution in [2.24, 2.45) is 0 Å². The van der Waals surface area contributed by atoms with Crippen molar-refractivity contribution in [3.05, 3.63) is 23.3 Å². The molecule has 0 saturated carbocycles. The summed E-state index contributed by atoms with van der Waals surface area (Å²) in [6.07, 6.45) is 0. The predicted octanol–water partition coefficient (Wildman–Crippen LogP) is 0.0664. The molecule has 0 spiro atoms. The number of anilines is 2. The van der Waals surface area contributed by atoms with E-state index in [0.29, 0.717) is 24.3 Å². The summed E-state index contributed by atoms with van der Waals surface area (Å²) < 4.78 is 0. The number of nitrogen functional groups attached to an aromatic ring is 1.